The predicted molar refractivity (Wildman–Crippen MR) is 103 cm³/mol. The normalized spacial score (nSPS) is 20.5. The quantitative estimate of drug-likeness (QED) is 0.826. The molecule has 140 valence electrons. The minimum Gasteiger partial charge on any atom is -0.497 e. The molecule has 1 fully saturated rings. The zero-order valence-corrected chi connectivity index (χ0v) is 15.8. The number of rotatable bonds is 7. The van der Waals surface area contributed by atoms with Gasteiger partial charge < -0.3 is 19.5 Å². The molecule has 0 spiro atoms. The van der Waals surface area contributed by atoms with E-state index >= 15 is 0 Å². The molecule has 2 aromatic carbocycles. The summed E-state index contributed by atoms with van der Waals surface area (Å²) in [6, 6.07) is 15.7. The second-order valence-corrected chi connectivity index (χ2v) is 7.35. The number of hydrogen-bond donors (Lipinski definition) is 1. The smallest absolute Gasteiger partial charge is 0.127 e. The van der Waals surface area contributed by atoms with Crippen LogP contribution in [-0.2, 0) is 6.54 Å². The van der Waals surface area contributed by atoms with Gasteiger partial charge in [0.05, 0.1) is 12.7 Å². The number of methoxy groups -OCH3 is 1. The number of aliphatic hydroxyl groups is 1. The molecular formula is C21H28N2O3. The molecule has 5 heteroatoms. The molecule has 1 atom stereocenters. The van der Waals surface area contributed by atoms with Crippen LogP contribution in [0.15, 0.2) is 48.5 Å². The van der Waals surface area contributed by atoms with Crippen molar-refractivity contribution in [2.75, 3.05) is 40.8 Å². The average molecular weight is 356 g/mol. The molecule has 2 aromatic rings. The molecule has 1 aliphatic heterocycles. The largest absolute Gasteiger partial charge is 0.497 e. The molecule has 1 saturated heterocycles. The van der Waals surface area contributed by atoms with Gasteiger partial charge in [0.15, 0.2) is 0 Å². The van der Waals surface area contributed by atoms with Crippen molar-refractivity contribution in [2.24, 2.45) is 0 Å². The van der Waals surface area contributed by atoms with Crippen LogP contribution in [-0.4, -0.2) is 61.3 Å². The Labute approximate surface area is 155 Å². The Morgan fingerprint density at radius 2 is 1.81 bits per heavy atom. The Morgan fingerprint density at radius 3 is 2.50 bits per heavy atom. The number of benzene rings is 2. The first kappa shape index (κ1) is 18.7. The van der Waals surface area contributed by atoms with Gasteiger partial charge in [-0.25, -0.2) is 0 Å². The molecule has 0 aliphatic carbocycles. The van der Waals surface area contributed by atoms with E-state index in [0.29, 0.717) is 13.1 Å². The van der Waals surface area contributed by atoms with E-state index in [-0.39, 0.29) is 0 Å². The molecule has 0 saturated carbocycles. The molecule has 0 aromatic heterocycles. The van der Waals surface area contributed by atoms with E-state index in [9.17, 15) is 5.11 Å². The highest BCUT2D eigenvalue weighted by Crippen LogP contribution is 2.27. The topological polar surface area (TPSA) is 45.2 Å². The second kappa shape index (κ2) is 8.08. The van der Waals surface area contributed by atoms with E-state index in [1.54, 1.807) is 7.11 Å². The summed E-state index contributed by atoms with van der Waals surface area (Å²) >= 11 is 0. The van der Waals surface area contributed by atoms with Gasteiger partial charge in [-0.05, 0) is 62.5 Å². The fourth-order valence-corrected chi connectivity index (χ4v) is 3.54. The second-order valence-electron chi connectivity index (χ2n) is 7.35. The van der Waals surface area contributed by atoms with Crippen molar-refractivity contribution in [1.82, 2.24) is 9.80 Å². The maximum absolute atomic E-state index is 10.7. The van der Waals surface area contributed by atoms with Crippen molar-refractivity contribution < 1.29 is 14.6 Å². The minimum absolute atomic E-state index is 0.610. The van der Waals surface area contributed by atoms with Crippen molar-refractivity contribution in [3.63, 3.8) is 0 Å². The molecule has 1 heterocycles. The lowest BCUT2D eigenvalue weighted by Crippen LogP contribution is -2.42. The molecule has 0 unspecified atom stereocenters. The van der Waals surface area contributed by atoms with E-state index in [2.05, 4.69) is 17.0 Å². The van der Waals surface area contributed by atoms with Gasteiger partial charge in [-0.1, -0.05) is 12.1 Å². The van der Waals surface area contributed by atoms with Crippen molar-refractivity contribution in [3.05, 3.63) is 54.1 Å². The third-order valence-corrected chi connectivity index (χ3v) is 4.62. The number of ether oxygens (including phenoxy) is 2. The molecule has 0 bridgehead atoms. The highest BCUT2D eigenvalue weighted by Gasteiger charge is 2.36. The number of nitrogens with zero attached hydrogens (tertiary/aromatic N) is 2. The van der Waals surface area contributed by atoms with E-state index in [1.165, 1.54) is 5.56 Å². The van der Waals surface area contributed by atoms with Gasteiger partial charge in [0.2, 0.25) is 0 Å². The fourth-order valence-electron chi connectivity index (χ4n) is 3.54. The lowest BCUT2D eigenvalue weighted by Gasteiger charge is -2.26. The molecule has 0 radical (unpaired) electrons. The molecular weight excluding hydrogens is 328 g/mol. The van der Waals surface area contributed by atoms with Crippen molar-refractivity contribution in [1.29, 1.82) is 0 Å². The van der Waals surface area contributed by atoms with Crippen LogP contribution in [0.1, 0.15) is 12.0 Å². The summed E-state index contributed by atoms with van der Waals surface area (Å²) in [5.74, 6) is 2.41. The van der Waals surface area contributed by atoms with Crippen LogP contribution in [0.5, 0.6) is 17.2 Å². The summed E-state index contributed by atoms with van der Waals surface area (Å²) in [5, 5.41) is 10.7. The first-order valence-electron chi connectivity index (χ1n) is 8.96. The van der Waals surface area contributed by atoms with Crippen molar-refractivity contribution in [2.45, 2.75) is 18.6 Å². The Hall–Kier alpha value is -2.08. The van der Waals surface area contributed by atoms with Crippen molar-refractivity contribution in [3.8, 4) is 17.2 Å². The third kappa shape index (κ3) is 4.97. The Morgan fingerprint density at radius 1 is 1.08 bits per heavy atom. The molecule has 3 rings (SSSR count). The van der Waals surface area contributed by atoms with Crippen LogP contribution >= 0.6 is 0 Å². The van der Waals surface area contributed by atoms with Crippen LogP contribution < -0.4 is 9.47 Å². The molecule has 1 N–H and O–H groups in total. The fraction of sp³-hybridized carbons (Fsp3) is 0.429. The first-order chi connectivity index (χ1) is 12.5. The standard InChI is InChI=1S/C21H28N2O3/c1-22(2)15-21(24)11-12-23(16-21)14-17-5-4-6-20(13-17)26-19-9-7-18(25-3)8-10-19/h4-10,13,24H,11-12,14-16H2,1-3H3/t21-/m0/s1. The molecule has 0 amide bonds. The van der Waals surface area contributed by atoms with Crippen LogP contribution in [0.25, 0.3) is 0 Å². The predicted octanol–water partition coefficient (Wildman–Crippen LogP) is 2.99. The number of β-amino-alcohol motifs (C(OH)–C–C–N with tert-alkyl or cyclic N) is 1. The SMILES string of the molecule is COc1ccc(Oc2cccc(CN3CC[C@](O)(CN(C)C)C3)c2)cc1. The summed E-state index contributed by atoms with van der Waals surface area (Å²) in [4.78, 5) is 4.35. The number of likely N-dealkylation sites (tertiary alicyclic amines) is 1. The Kier molecular flexibility index (Phi) is 5.81. The monoisotopic (exact) mass is 356 g/mol. The summed E-state index contributed by atoms with van der Waals surface area (Å²) in [6.07, 6.45) is 0.813. The lowest BCUT2D eigenvalue weighted by molar-refractivity contribution is 0.0240. The van der Waals surface area contributed by atoms with E-state index in [4.69, 9.17) is 9.47 Å². The Balaban J connectivity index is 1.61. The van der Waals surface area contributed by atoms with Crippen LogP contribution in [0.4, 0.5) is 0 Å². The van der Waals surface area contributed by atoms with E-state index < -0.39 is 5.60 Å². The van der Waals surface area contributed by atoms with Gasteiger partial charge in [-0.3, -0.25) is 4.90 Å². The van der Waals surface area contributed by atoms with Crippen LogP contribution in [0, 0.1) is 0 Å². The first-order valence-corrected chi connectivity index (χ1v) is 8.96. The molecule has 26 heavy (non-hydrogen) atoms. The van der Waals surface area contributed by atoms with Gasteiger partial charge in [0.1, 0.15) is 17.2 Å². The maximum atomic E-state index is 10.7. The molecule has 1 aliphatic rings. The zero-order chi connectivity index (χ0) is 18.6. The highest BCUT2D eigenvalue weighted by atomic mass is 16.5. The summed E-state index contributed by atoms with van der Waals surface area (Å²) in [6.45, 7) is 3.13. The number of hydrogen-bond acceptors (Lipinski definition) is 5. The lowest BCUT2D eigenvalue weighted by atomic mass is 10.0. The zero-order valence-electron chi connectivity index (χ0n) is 15.8. The summed E-state index contributed by atoms with van der Waals surface area (Å²) < 4.78 is 11.1. The summed E-state index contributed by atoms with van der Waals surface area (Å²) in [7, 11) is 5.65. The van der Waals surface area contributed by atoms with Gasteiger partial charge in [0, 0.05) is 26.2 Å². The minimum atomic E-state index is -0.610. The van der Waals surface area contributed by atoms with Crippen molar-refractivity contribution >= 4 is 0 Å². The van der Waals surface area contributed by atoms with Crippen LogP contribution in [0.2, 0.25) is 0 Å². The Bertz CT molecular complexity index is 717. The third-order valence-electron chi connectivity index (χ3n) is 4.62. The van der Waals surface area contributed by atoms with Gasteiger partial charge in [-0.2, -0.15) is 0 Å². The van der Waals surface area contributed by atoms with Gasteiger partial charge >= 0.3 is 0 Å². The maximum Gasteiger partial charge on any atom is 0.127 e. The average Bonchev–Trinajstić information content (AvgIpc) is 2.95. The highest BCUT2D eigenvalue weighted by molar-refractivity contribution is 5.36. The molecule has 5 nitrogen and oxygen atoms in total. The van der Waals surface area contributed by atoms with Gasteiger partial charge in [0.25, 0.3) is 0 Å². The van der Waals surface area contributed by atoms with E-state index in [0.717, 1.165) is 36.8 Å². The summed E-state index contributed by atoms with van der Waals surface area (Å²) in [5.41, 5.74) is 0.575. The number of likely N-dealkylation sites (N-methyl/N-ethyl adjacent to an activating group) is 1. The van der Waals surface area contributed by atoms with E-state index in [1.807, 2.05) is 55.4 Å². The van der Waals surface area contributed by atoms with Crippen LogP contribution in [0.3, 0.4) is 0 Å². The van der Waals surface area contributed by atoms with Gasteiger partial charge in [-0.15, -0.1) is 0 Å².